The molecule has 2 rings (SSSR count). The van der Waals surface area contributed by atoms with Gasteiger partial charge < -0.3 is 10.1 Å². The third kappa shape index (κ3) is 3.74. The molecule has 0 spiro atoms. The van der Waals surface area contributed by atoms with Crippen LogP contribution in [-0.2, 0) is 0 Å². The van der Waals surface area contributed by atoms with Crippen molar-refractivity contribution in [1.82, 2.24) is 10.3 Å². The van der Waals surface area contributed by atoms with E-state index in [9.17, 15) is 8.78 Å². The maximum atomic E-state index is 12.4. The summed E-state index contributed by atoms with van der Waals surface area (Å²) in [6.07, 6.45) is 1.80. The Hall–Kier alpha value is -1.53. The monoisotopic (exact) mass is 298 g/mol. The summed E-state index contributed by atoms with van der Waals surface area (Å²) in [4.78, 5) is 5.14. The number of hydrogen-bond acceptors (Lipinski definition) is 4. The quantitative estimate of drug-likeness (QED) is 0.869. The van der Waals surface area contributed by atoms with Crippen molar-refractivity contribution in [2.24, 2.45) is 0 Å². The molecule has 3 nitrogen and oxygen atoms in total. The Bertz CT molecular complexity index is 534. The number of rotatable bonds is 6. The lowest BCUT2D eigenvalue weighted by atomic mass is 10.1. The van der Waals surface area contributed by atoms with Gasteiger partial charge in [-0.15, -0.1) is 11.3 Å². The number of halogens is 2. The van der Waals surface area contributed by atoms with Gasteiger partial charge in [-0.05, 0) is 19.9 Å². The highest BCUT2D eigenvalue weighted by Gasteiger charge is 2.17. The highest BCUT2D eigenvalue weighted by molar-refractivity contribution is 7.09. The van der Waals surface area contributed by atoms with E-state index < -0.39 is 6.61 Å². The minimum Gasteiger partial charge on any atom is -0.434 e. The van der Waals surface area contributed by atoms with Gasteiger partial charge in [0.05, 0.1) is 5.51 Å². The lowest BCUT2D eigenvalue weighted by molar-refractivity contribution is -0.0506. The molecular weight excluding hydrogens is 282 g/mol. The number of aromatic nitrogens is 1. The largest absolute Gasteiger partial charge is 0.434 e. The topological polar surface area (TPSA) is 34.1 Å². The van der Waals surface area contributed by atoms with Crippen molar-refractivity contribution in [3.63, 3.8) is 0 Å². The van der Waals surface area contributed by atoms with Crippen LogP contribution in [0.4, 0.5) is 8.78 Å². The van der Waals surface area contributed by atoms with E-state index in [1.807, 2.05) is 19.9 Å². The summed E-state index contributed by atoms with van der Waals surface area (Å²) in [5, 5.41) is 3.36. The zero-order valence-corrected chi connectivity index (χ0v) is 12.0. The molecule has 0 bridgehead atoms. The fourth-order valence-electron chi connectivity index (χ4n) is 2.03. The van der Waals surface area contributed by atoms with Gasteiger partial charge in [0.1, 0.15) is 5.75 Å². The van der Waals surface area contributed by atoms with Gasteiger partial charge >= 0.3 is 6.61 Å². The summed E-state index contributed by atoms with van der Waals surface area (Å²) in [6, 6.07) is 6.81. The number of alkyl halides is 2. The molecule has 1 N–H and O–H groups in total. The van der Waals surface area contributed by atoms with Gasteiger partial charge in [-0.3, -0.25) is 4.98 Å². The third-order valence-corrected chi connectivity index (χ3v) is 3.94. The number of hydrogen-bond donors (Lipinski definition) is 1. The summed E-state index contributed by atoms with van der Waals surface area (Å²) in [6.45, 7) is 1.12. The van der Waals surface area contributed by atoms with Gasteiger partial charge in [0.15, 0.2) is 0 Å². The molecular formula is C14H16F2N2OS. The minimum absolute atomic E-state index is 0.0945. The first kappa shape index (κ1) is 14.9. The Balaban J connectivity index is 2.10. The second-order valence-electron chi connectivity index (χ2n) is 4.43. The zero-order valence-electron chi connectivity index (χ0n) is 11.2. The number of thiazole rings is 1. The van der Waals surface area contributed by atoms with E-state index in [0.717, 1.165) is 4.88 Å². The standard InChI is InChI=1S/C14H16F2N2OS/c1-9(18-10(2)13-7-17-8-20-13)11-5-3-4-6-12(11)19-14(15)16/h3-10,14,18H,1-2H3. The van der Waals surface area contributed by atoms with Crippen molar-refractivity contribution in [1.29, 1.82) is 0 Å². The van der Waals surface area contributed by atoms with Gasteiger partial charge in [0.2, 0.25) is 0 Å². The van der Waals surface area contributed by atoms with Crippen LogP contribution < -0.4 is 10.1 Å². The van der Waals surface area contributed by atoms with Gasteiger partial charge in [-0.1, -0.05) is 18.2 Å². The molecule has 2 atom stereocenters. The fourth-order valence-corrected chi connectivity index (χ4v) is 2.67. The highest BCUT2D eigenvalue weighted by Crippen LogP contribution is 2.28. The molecule has 1 aromatic carbocycles. The average Bonchev–Trinajstić information content (AvgIpc) is 2.92. The molecule has 0 aliphatic heterocycles. The second-order valence-corrected chi connectivity index (χ2v) is 5.35. The normalized spacial score (nSPS) is 14.2. The number of ether oxygens (including phenoxy) is 1. The van der Waals surface area contributed by atoms with E-state index in [4.69, 9.17) is 0 Å². The minimum atomic E-state index is -2.82. The van der Waals surface area contributed by atoms with E-state index >= 15 is 0 Å². The molecule has 0 saturated carbocycles. The van der Waals surface area contributed by atoms with Crippen LogP contribution >= 0.6 is 11.3 Å². The van der Waals surface area contributed by atoms with E-state index in [0.29, 0.717) is 5.56 Å². The van der Waals surface area contributed by atoms with Crippen LogP contribution in [0.3, 0.4) is 0 Å². The summed E-state index contributed by atoms with van der Waals surface area (Å²) in [5.74, 6) is 0.207. The SMILES string of the molecule is CC(NC(C)c1ccccc1OC(F)F)c1cncs1. The molecule has 0 aliphatic rings. The summed E-state index contributed by atoms with van der Waals surface area (Å²) < 4.78 is 29.4. The van der Waals surface area contributed by atoms with Crippen molar-refractivity contribution in [2.75, 3.05) is 0 Å². The van der Waals surface area contributed by atoms with Crippen LogP contribution in [-0.4, -0.2) is 11.6 Å². The van der Waals surface area contributed by atoms with Crippen LogP contribution in [0.1, 0.15) is 36.4 Å². The second kappa shape index (κ2) is 6.76. The first-order chi connectivity index (χ1) is 9.58. The van der Waals surface area contributed by atoms with E-state index in [2.05, 4.69) is 15.0 Å². The Morgan fingerprint density at radius 1 is 1.20 bits per heavy atom. The molecule has 0 fully saturated rings. The van der Waals surface area contributed by atoms with Gasteiger partial charge in [0, 0.05) is 28.7 Å². The van der Waals surface area contributed by atoms with Crippen molar-refractivity contribution < 1.29 is 13.5 Å². The molecule has 1 aromatic heterocycles. The summed E-state index contributed by atoms with van der Waals surface area (Å²) in [5.41, 5.74) is 2.48. The highest BCUT2D eigenvalue weighted by atomic mass is 32.1. The van der Waals surface area contributed by atoms with Gasteiger partial charge in [-0.2, -0.15) is 8.78 Å². The van der Waals surface area contributed by atoms with E-state index in [1.54, 1.807) is 41.2 Å². The van der Waals surface area contributed by atoms with Gasteiger partial charge in [-0.25, -0.2) is 0 Å². The average molecular weight is 298 g/mol. The van der Waals surface area contributed by atoms with Crippen LogP contribution in [0.5, 0.6) is 5.75 Å². The lowest BCUT2D eigenvalue weighted by Crippen LogP contribution is -2.22. The Morgan fingerprint density at radius 3 is 2.60 bits per heavy atom. The number of benzene rings is 1. The molecule has 0 aliphatic carbocycles. The van der Waals surface area contributed by atoms with Crippen molar-refractivity contribution in [3.05, 3.63) is 46.4 Å². The number of nitrogens with zero attached hydrogens (tertiary/aromatic N) is 1. The fraction of sp³-hybridized carbons (Fsp3) is 0.357. The third-order valence-electron chi connectivity index (χ3n) is 2.98. The molecule has 0 radical (unpaired) electrons. The molecule has 20 heavy (non-hydrogen) atoms. The predicted octanol–water partition coefficient (Wildman–Crippen LogP) is 4.16. The van der Waals surface area contributed by atoms with Crippen molar-refractivity contribution >= 4 is 11.3 Å². The van der Waals surface area contributed by atoms with Crippen LogP contribution in [0.25, 0.3) is 0 Å². The molecule has 0 amide bonds. The Kier molecular flexibility index (Phi) is 5.03. The first-order valence-electron chi connectivity index (χ1n) is 6.26. The van der Waals surface area contributed by atoms with Crippen LogP contribution in [0.15, 0.2) is 36.0 Å². The lowest BCUT2D eigenvalue weighted by Gasteiger charge is -2.21. The maximum absolute atomic E-state index is 12.4. The molecule has 2 aromatic rings. The Labute approximate surface area is 120 Å². The van der Waals surface area contributed by atoms with E-state index in [1.165, 1.54) is 0 Å². The molecule has 6 heteroatoms. The molecule has 1 heterocycles. The zero-order chi connectivity index (χ0) is 14.5. The van der Waals surface area contributed by atoms with E-state index in [-0.39, 0.29) is 17.8 Å². The maximum Gasteiger partial charge on any atom is 0.387 e. The molecule has 0 saturated heterocycles. The van der Waals surface area contributed by atoms with Crippen molar-refractivity contribution in [2.45, 2.75) is 32.5 Å². The predicted molar refractivity (Wildman–Crippen MR) is 75.2 cm³/mol. The Morgan fingerprint density at radius 2 is 1.95 bits per heavy atom. The molecule has 2 unspecified atom stereocenters. The smallest absolute Gasteiger partial charge is 0.387 e. The number of para-hydroxylation sites is 1. The van der Waals surface area contributed by atoms with Gasteiger partial charge in [0.25, 0.3) is 0 Å². The first-order valence-corrected chi connectivity index (χ1v) is 7.14. The number of nitrogens with one attached hydrogen (secondary N) is 1. The molecule has 108 valence electrons. The summed E-state index contributed by atoms with van der Waals surface area (Å²) >= 11 is 1.56. The van der Waals surface area contributed by atoms with Crippen LogP contribution in [0.2, 0.25) is 0 Å². The van der Waals surface area contributed by atoms with Crippen molar-refractivity contribution in [3.8, 4) is 5.75 Å². The van der Waals surface area contributed by atoms with Crippen LogP contribution in [0, 0.1) is 0 Å². The summed E-state index contributed by atoms with van der Waals surface area (Å²) in [7, 11) is 0.